The zero-order valence-corrected chi connectivity index (χ0v) is 15.7. The Balaban J connectivity index is 1.36. The summed E-state index contributed by atoms with van der Waals surface area (Å²) in [5.41, 5.74) is -0.0882. The molecule has 2 fully saturated rings. The van der Waals surface area contributed by atoms with Crippen molar-refractivity contribution in [3.8, 4) is 6.07 Å². The van der Waals surface area contributed by atoms with Gasteiger partial charge in [0.25, 0.3) is 5.91 Å². The van der Waals surface area contributed by atoms with E-state index in [9.17, 15) is 18.4 Å². The summed E-state index contributed by atoms with van der Waals surface area (Å²) in [6, 6.07) is 3.39. The lowest BCUT2D eigenvalue weighted by Gasteiger charge is -2.23. The zero-order chi connectivity index (χ0) is 20.5. The summed E-state index contributed by atoms with van der Waals surface area (Å²) >= 11 is 0. The number of likely N-dealkylation sites (tertiary alicyclic amines) is 2. The van der Waals surface area contributed by atoms with Gasteiger partial charge in [0.1, 0.15) is 18.1 Å². The minimum absolute atomic E-state index is 0.0712. The summed E-state index contributed by atoms with van der Waals surface area (Å²) in [6.45, 7) is 1.93. The van der Waals surface area contributed by atoms with Gasteiger partial charge in [-0.05, 0) is 25.3 Å². The lowest BCUT2D eigenvalue weighted by molar-refractivity contribution is -0.132. The fourth-order valence-corrected chi connectivity index (χ4v) is 4.08. The Labute approximate surface area is 165 Å². The van der Waals surface area contributed by atoms with E-state index in [-0.39, 0.29) is 41.1 Å². The number of nitrogens with one attached hydrogen (secondary N) is 1. The van der Waals surface area contributed by atoms with Crippen LogP contribution in [0, 0.1) is 23.0 Å². The number of halogens is 2. The standard InChI is InChI=1S/C20H20F2N4O3/c21-12-6-15-16(11-29-19(15)17(22)7-12)20(28)24-13-3-5-25(9-13)10-18(27)26-4-1-2-14(26)8-23/h6-7,11,13-14H,1-5,9-10H2,(H,24,28). The van der Waals surface area contributed by atoms with Crippen molar-refractivity contribution in [2.24, 2.45) is 0 Å². The maximum absolute atomic E-state index is 13.8. The van der Waals surface area contributed by atoms with E-state index in [1.54, 1.807) is 4.90 Å². The Hall–Kier alpha value is -2.99. The van der Waals surface area contributed by atoms with Gasteiger partial charge in [-0.1, -0.05) is 0 Å². The van der Waals surface area contributed by atoms with E-state index in [4.69, 9.17) is 9.68 Å². The summed E-state index contributed by atoms with van der Waals surface area (Å²) in [5.74, 6) is -2.19. The lowest BCUT2D eigenvalue weighted by atomic mass is 10.1. The van der Waals surface area contributed by atoms with Gasteiger partial charge in [-0.15, -0.1) is 0 Å². The molecule has 1 aromatic heterocycles. The smallest absolute Gasteiger partial charge is 0.255 e. The van der Waals surface area contributed by atoms with Crippen LogP contribution in [-0.4, -0.2) is 59.9 Å². The van der Waals surface area contributed by atoms with Crippen molar-refractivity contribution in [3.05, 3.63) is 35.6 Å². The van der Waals surface area contributed by atoms with Crippen molar-refractivity contribution in [3.63, 3.8) is 0 Å². The third kappa shape index (κ3) is 3.80. The number of nitrogens with zero attached hydrogens (tertiary/aromatic N) is 3. The topological polar surface area (TPSA) is 89.6 Å². The van der Waals surface area contributed by atoms with Gasteiger partial charge in [-0.3, -0.25) is 14.5 Å². The average molecular weight is 402 g/mol. The minimum atomic E-state index is -0.859. The number of rotatable bonds is 4. The van der Waals surface area contributed by atoms with Gasteiger partial charge in [0, 0.05) is 37.1 Å². The Morgan fingerprint density at radius 2 is 2.10 bits per heavy atom. The largest absolute Gasteiger partial charge is 0.460 e. The first-order valence-electron chi connectivity index (χ1n) is 9.55. The van der Waals surface area contributed by atoms with E-state index in [0.29, 0.717) is 38.5 Å². The molecule has 0 bridgehead atoms. The van der Waals surface area contributed by atoms with E-state index in [1.165, 1.54) is 0 Å². The van der Waals surface area contributed by atoms with Crippen LogP contribution in [0.1, 0.15) is 29.6 Å². The molecular weight excluding hydrogens is 382 g/mol. The lowest BCUT2D eigenvalue weighted by Crippen LogP contribution is -2.43. The Bertz CT molecular complexity index is 1000. The maximum Gasteiger partial charge on any atom is 0.255 e. The fraction of sp³-hybridized carbons (Fsp3) is 0.450. The van der Waals surface area contributed by atoms with Crippen LogP contribution in [0.3, 0.4) is 0 Å². The molecule has 2 unspecified atom stereocenters. The molecule has 7 nitrogen and oxygen atoms in total. The summed E-state index contributed by atoms with van der Waals surface area (Å²) in [4.78, 5) is 28.6. The second-order valence-electron chi connectivity index (χ2n) is 7.48. The summed E-state index contributed by atoms with van der Waals surface area (Å²) in [5, 5.41) is 12.1. The fourth-order valence-electron chi connectivity index (χ4n) is 4.08. The predicted molar refractivity (Wildman–Crippen MR) is 98.8 cm³/mol. The van der Waals surface area contributed by atoms with Crippen molar-refractivity contribution in [2.45, 2.75) is 31.3 Å². The van der Waals surface area contributed by atoms with E-state index < -0.39 is 17.5 Å². The molecule has 29 heavy (non-hydrogen) atoms. The molecule has 2 atom stereocenters. The third-order valence-electron chi connectivity index (χ3n) is 5.53. The summed E-state index contributed by atoms with van der Waals surface area (Å²) in [7, 11) is 0. The zero-order valence-electron chi connectivity index (χ0n) is 15.7. The monoisotopic (exact) mass is 402 g/mol. The molecule has 1 N–H and O–H groups in total. The molecule has 0 aliphatic carbocycles. The van der Waals surface area contributed by atoms with Crippen molar-refractivity contribution in [1.82, 2.24) is 15.1 Å². The SMILES string of the molecule is N#CC1CCCN1C(=O)CN1CCC(NC(=O)c2coc3c(F)cc(F)cc23)C1. The molecule has 0 radical (unpaired) electrons. The van der Waals surface area contributed by atoms with Gasteiger partial charge in [0.05, 0.1) is 18.2 Å². The second-order valence-corrected chi connectivity index (χ2v) is 7.48. The first-order valence-corrected chi connectivity index (χ1v) is 9.55. The molecule has 0 saturated carbocycles. The molecule has 2 amide bonds. The highest BCUT2D eigenvalue weighted by Gasteiger charge is 2.32. The third-order valence-corrected chi connectivity index (χ3v) is 5.53. The van der Waals surface area contributed by atoms with E-state index in [2.05, 4.69) is 11.4 Å². The molecule has 1 aromatic carbocycles. The first kappa shape index (κ1) is 19.3. The Kier molecular flexibility index (Phi) is 5.20. The van der Waals surface area contributed by atoms with Crippen molar-refractivity contribution < 1.29 is 22.8 Å². The highest BCUT2D eigenvalue weighted by atomic mass is 19.1. The predicted octanol–water partition coefficient (Wildman–Crippen LogP) is 2.03. The molecule has 3 heterocycles. The van der Waals surface area contributed by atoms with E-state index in [0.717, 1.165) is 18.8 Å². The van der Waals surface area contributed by atoms with Gasteiger partial charge in [-0.2, -0.15) is 5.26 Å². The molecule has 2 aromatic rings. The van der Waals surface area contributed by atoms with Gasteiger partial charge >= 0.3 is 0 Å². The number of carbonyl (C=O) groups is 2. The molecule has 2 saturated heterocycles. The Morgan fingerprint density at radius 3 is 2.90 bits per heavy atom. The molecule has 2 aliphatic heterocycles. The van der Waals surface area contributed by atoms with Crippen LogP contribution in [0.25, 0.3) is 11.0 Å². The van der Waals surface area contributed by atoms with Gasteiger partial charge in [0.15, 0.2) is 11.4 Å². The van der Waals surface area contributed by atoms with Crippen LogP contribution in [-0.2, 0) is 4.79 Å². The van der Waals surface area contributed by atoms with Crippen LogP contribution in [0.4, 0.5) is 8.78 Å². The Morgan fingerprint density at radius 1 is 1.28 bits per heavy atom. The van der Waals surface area contributed by atoms with Crippen molar-refractivity contribution in [1.29, 1.82) is 5.26 Å². The van der Waals surface area contributed by atoms with Crippen LogP contribution in [0.5, 0.6) is 0 Å². The van der Waals surface area contributed by atoms with Crippen LogP contribution in [0.2, 0.25) is 0 Å². The quantitative estimate of drug-likeness (QED) is 0.845. The number of hydrogen-bond acceptors (Lipinski definition) is 5. The number of nitriles is 1. The normalized spacial score (nSPS) is 22.2. The summed E-state index contributed by atoms with van der Waals surface area (Å²) in [6.07, 6.45) is 3.32. The van der Waals surface area contributed by atoms with E-state index in [1.807, 2.05) is 4.90 Å². The number of carbonyl (C=O) groups excluding carboxylic acids is 2. The van der Waals surface area contributed by atoms with Crippen LogP contribution in [0.15, 0.2) is 22.8 Å². The number of benzene rings is 1. The first-order chi connectivity index (χ1) is 14.0. The molecule has 4 rings (SSSR count). The van der Waals surface area contributed by atoms with Crippen molar-refractivity contribution >= 4 is 22.8 Å². The van der Waals surface area contributed by atoms with Crippen LogP contribution < -0.4 is 5.32 Å². The highest BCUT2D eigenvalue weighted by Crippen LogP contribution is 2.25. The molecule has 152 valence electrons. The molecular formula is C20H20F2N4O3. The molecule has 0 spiro atoms. The number of hydrogen-bond donors (Lipinski definition) is 1. The molecule has 2 aliphatic rings. The second kappa shape index (κ2) is 7.79. The number of fused-ring (bicyclic) bond motifs is 1. The average Bonchev–Trinajstić information content (AvgIpc) is 3.40. The van der Waals surface area contributed by atoms with Gasteiger partial charge in [-0.25, -0.2) is 8.78 Å². The van der Waals surface area contributed by atoms with Crippen LogP contribution >= 0.6 is 0 Å². The number of amides is 2. The van der Waals surface area contributed by atoms with Gasteiger partial charge < -0.3 is 14.6 Å². The van der Waals surface area contributed by atoms with E-state index >= 15 is 0 Å². The van der Waals surface area contributed by atoms with Crippen molar-refractivity contribution in [2.75, 3.05) is 26.2 Å². The minimum Gasteiger partial charge on any atom is -0.460 e. The summed E-state index contributed by atoms with van der Waals surface area (Å²) < 4.78 is 32.3. The maximum atomic E-state index is 13.8. The molecule has 9 heteroatoms. The number of furan rings is 1. The highest BCUT2D eigenvalue weighted by molar-refractivity contribution is 6.06. The van der Waals surface area contributed by atoms with Gasteiger partial charge in [0.2, 0.25) is 5.91 Å².